The first-order chi connectivity index (χ1) is 10.2. The van der Waals surface area contributed by atoms with Gasteiger partial charge in [-0.3, -0.25) is 0 Å². The minimum Gasteiger partial charge on any atom is -0.399 e. The molecule has 114 valence electrons. The molecule has 1 aliphatic rings. The Morgan fingerprint density at radius 1 is 1.43 bits per heavy atom. The highest BCUT2D eigenvalue weighted by molar-refractivity contribution is 5.78. The van der Waals surface area contributed by atoms with Gasteiger partial charge in [0, 0.05) is 31.8 Å². The molecule has 3 rings (SSSR count). The lowest BCUT2D eigenvalue weighted by molar-refractivity contribution is 0.149. The van der Waals surface area contributed by atoms with E-state index >= 15 is 0 Å². The summed E-state index contributed by atoms with van der Waals surface area (Å²) in [4.78, 5) is 10.5. The van der Waals surface area contributed by atoms with E-state index < -0.39 is 0 Å². The fourth-order valence-electron chi connectivity index (χ4n) is 3.24. The van der Waals surface area contributed by atoms with Crippen molar-refractivity contribution >= 4 is 16.7 Å². The molecule has 5 heteroatoms. The van der Waals surface area contributed by atoms with Crippen LogP contribution in [0, 0.1) is 5.92 Å². The van der Waals surface area contributed by atoms with Crippen molar-refractivity contribution in [3.8, 4) is 0 Å². The Morgan fingerprint density at radius 2 is 2.33 bits per heavy atom. The van der Waals surface area contributed by atoms with Gasteiger partial charge in [-0.15, -0.1) is 0 Å². The number of H-pyrrole nitrogens is 1. The summed E-state index contributed by atoms with van der Waals surface area (Å²) in [5, 5.41) is 9.07. The molecule has 2 aromatic rings. The SMILES string of the molecule is Nc1ccc2nc(CCN3CCCC(CCO)C3)[nH]c2c1. The van der Waals surface area contributed by atoms with Gasteiger partial charge in [-0.2, -0.15) is 0 Å². The molecule has 1 aromatic heterocycles. The summed E-state index contributed by atoms with van der Waals surface area (Å²) < 4.78 is 0. The topological polar surface area (TPSA) is 78.2 Å². The van der Waals surface area contributed by atoms with Crippen LogP contribution < -0.4 is 5.73 Å². The lowest BCUT2D eigenvalue weighted by Crippen LogP contribution is -2.37. The number of hydrogen-bond acceptors (Lipinski definition) is 4. The number of nitrogens with one attached hydrogen (secondary N) is 1. The van der Waals surface area contributed by atoms with Gasteiger partial charge in [0.05, 0.1) is 11.0 Å². The lowest BCUT2D eigenvalue weighted by Gasteiger charge is -2.32. The summed E-state index contributed by atoms with van der Waals surface area (Å²) in [6.45, 7) is 3.60. The van der Waals surface area contributed by atoms with Crippen LogP contribution in [0.5, 0.6) is 0 Å². The zero-order valence-corrected chi connectivity index (χ0v) is 12.4. The highest BCUT2D eigenvalue weighted by Gasteiger charge is 2.19. The van der Waals surface area contributed by atoms with Crippen molar-refractivity contribution < 1.29 is 5.11 Å². The van der Waals surface area contributed by atoms with Crippen LogP contribution in [0.3, 0.4) is 0 Å². The van der Waals surface area contributed by atoms with Gasteiger partial charge in [-0.1, -0.05) is 0 Å². The van der Waals surface area contributed by atoms with E-state index in [4.69, 9.17) is 10.8 Å². The summed E-state index contributed by atoms with van der Waals surface area (Å²) in [5.74, 6) is 1.68. The molecular formula is C16H24N4O. The number of nitrogens with zero attached hydrogens (tertiary/aromatic N) is 2. The first-order valence-electron chi connectivity index (χ1n) is 7.82. The van der Waals surface area contributed by atoms with Gasteiger partial charge in [0.15, 0.2) is 0 Å². The smallest absolute Gasteiger partial charge is 0.108 e. The van der Waals surface area contributed by atoms with E-state index in [0.29, 0.717) is 12.5 Å². The third-order valence-corrected chi connectivity index (χ3v) is 4.36. The Morgan fingerprint density at radius 3 is 3.19 bits per heavy atom. The number of anilines is 1. The van der Waals surface area contributed by atoms with E-state index in [1.807, 2.05) is 18.2 Å². The first kappa shape index (κ1) is 14.4. The van der Waals surface area contributed by atoms with Gasteiger partial charge in [-0.05, 0) is 49.9 Å². The average Bonchev–Trinajstić information content (AvgIpc) is 2.88. The maximum absolute atomic E-state index is 9.07. The number of aromatic nitrogens is 2. The Bertz CT molecular complexity index is 593. The maximum atomic E-state index is 9.07. The third-order valence-electron chi connectivity index (χ3n) is 4.36. The second-order valence-corrected chi connectivity index (χ2v) is 6.03. The Hall–Kier alpha value is -1.59. The molecule has 0 bridgehead atoms. The van der Waals surface area contributed by atoms with Crippen LogP contribution in [-0.2, 0) is 6.42 Å². The minimum atomic E-state index is 0.309. The van der Waals surface area contributed by atoms with Gasteiger partial charge in [0.25, 0.3) is 0 Å². The Balaban J connectivity index is 1.58. The van der Waals surface area contributed by atoms with Crippen LogP contribution in [-0.4, -0.2) is 46.2 Å². The van der Waals surface area contributed by atoms with Crippen molar-refractivity contribution in [3.05, 3.63) is 24.0 Å². The molecule has 4 N–H and O–H groups in total. The molecule has 1 aromatic carbocycles. The highest BCUT2D eigenvalue weighted by Crippen LogP contribution is 2.20. The molecule has 1 fully saturated rings. The molecule has 1 aliphatic heterocycles. The fraction of sp³-hybridized carbons (Fsp3) is 0.562. The van der Waals surface area contributed by atoms with Crippen molar-refractivity contribution in [3.63, 3.8) is 0 Å². The summed E-state index contributed by atoms with van der Waals surface area (Å²) in [6, 6.07) is 5.78. The van der Waals surface area contributed by atoms with E-state index in [1.54, 1.807) is 0 Å². The van der Waals surface area contributed by atoms with E-state index in [1.165, 1.54) is 12.8 Å². The van der Waals surface area contributed by atoms with Crippen LogP contribution in [0.15, 0.2) is 18.2 Å². The molecule has 2 heterocycles. The number of nitrogens with two attached hydrogens (primary N) is 1. The number of piperidine rings is 1. The number of aliphatic hydroxyl groups is 1. The zero-order valence-electron chi connectivity index (χ0n) is 12.4. The lowest BCUT2D eigenvalue weighted by atomic mass is 9.95. The molecule has 5 nitrogen and oxygen atoms in total. The van der Waals surface area contributed by atoms with Gasteiger partial charge in [0.1, 0.15) is 5.82 Å². The minimum absolute atomic E-state index is 0.309. The third kappa shape index (κ3) is 3.54. The van der Waals surface area contributed by atoms with E-state index in [0.717, 1.165) is 55.0 Å². The molecule has 0 aliphatic carbocycles. The standard InChI is InChI=1S/C16H24N4O/c17-13-3-4-14-15(10-13)19-16(18-14)5-8-20-7-1-2-12(11-20)6-9-21/h3-4,10,12,21H,1-2,5-9,11,17H2,(H,18,19). The number of nitrogen functional groups attached to an aromatic ring is 1. The number of hydrogen-bond donors (Lipinski definition) is 3. The first-order valence-corrected chi connectivity index (χ1v) is 7.82. The predicted molar refractivity (Wildman–Crippen MR) is 85.1 cm³/mol. The van der Waals surface area contributed by atoms with Gasteiger partial charge < -0.3 is 20.7 Å². The van der Waals surface area contributed by atoms with Crippen molar-refractivity contribution in [1.82, 2.24) is 14.9 Å². The normalized spacial score (nSPS) is 20.1. The second kappa shape index (κ2) is 6.45. The molecule has 0 radical (unpaired) electrons. The molecule has 0 amide bonds. The Kier molecular flexibility index (Phi) is 4.41. The van der Waals surface area contributed by atoms with Crippen LogP contribution in [0.2, 0.25) is 0 Å². The average molecular weight is 288 g/mol. The van der Waals surface area contributed by atoms with Gasteiger partial charge in [0.2, 0.25) is 0 Å². The van der Waals surface area contributed by atoms with Crippen molar-refractivity contribution in [1.29, 1.82) is 0 Å². The summed E-state index contributed by atoms with van der Waals surface area (Å²) in [7, 11) is 0. The predicted octanol–water partition coefficient (Wildman–Crippen LogP) is 1.78. The number of fused-ring (bicyclic) bond motifs is 1. The van der Waals surface area contributed by atoms with Crippen LogP contribution in [0.25, 0.3) is 11.0 Å². The number of benzene rings is 1. The summed E-state index contributed by atoms with van der Waals surface area (Å²) in [6.07, 6.45) is 4.35. The quantitative estimate of drug-likeness (QED) is 0.733. The Labute approximate surface area is 125 Å². The highest BCUT2D eigenvalue weighted by atomic mass is 16.3. The van der Waals surface area contributed by atoms with Gasteiger partial charge in [-0.25, -0.2) is 4.98 Å². The van der Waals surface area contributed by atoms with Crippen LogP contribution in [0.1, 0.15) is 25.1 Å². The van der Waals surface area contributed by atoms with Gasteiger partial charge >= 0.3 is 0 Å². The number of rotatable bonds is 5. The maximum Gasteiger partial charge on any atom is 0.108 e. The van der Waals surface area contributed by atoms with Crippen molar-refractivity contribution in [2.24, 2.45) is 5.92 Å². The van der Waals surface area contributed by atoms with E-state index in [9.17, 15) is 0 Å². The molecule has 1 saturated heterocycles. The molecule has 0 spiro atoms. The fourth-order valence-corrected chi connectivity index (χ4v) is 3.24. The van der Waals surface area contributed by atoms with E-state index in [2.05, 4.69) is 14.9 Å². The number of aliphatic hydroxyl groups excluding tert-OH is 1. The summed E-state index contributed by atoms with van der Waals surface area (Å²) >= 11 is 0. The molecule has 0 saturated carbocycles. The molecule has 21 heavy (non-hydrogen) atoms. The largest absolute Gasteiger partial charge is 0.399 e. The van der Waals surface area contributed by atoms with Crippen LogP contribution in [0.4, 0.5) is 5.69 Å². The summed E-state index contributed by atoms with van der Waals surface area (Å²) in [5.41, 5.74) is 8.55. The second-order valence-electron chi connectivity index (χ2n) is 6.03. The number of aromatic amines is 1. The zero-order chi connectivity index (χ0) is 14.7. The van der Waals surface area contributed by atoms with Crippen LogP contribution >= 0.6 is 0 Å². The monoisotopic (exact) mass is 288 g/mol. The molecular weight excluding hydrogens is 264 g/mol. The van der Waals surface area contributed by atoms with E-state index in [-0.39, 0.29) is 0 Å². The molecule has 1 unspecified atom stereocenters. The molecule has 1 atom stereocenters. The number of likely N-dealkylation sites (tertiary alicyclic amines) is 1. The number of imidazole rings is 1. The van der Waals surface area contributed by atoms with Crippen molar-refractivity contribution in [2.75, 3.05) is 32.0 Å². The van der Waals surface area contributed by atoms with Crippen molar-refractivity contribution in [2.45, 2.75) is 25.7 Å².